The smallest absolute Gasteiger partial charge is 0.283 e. The fourth-order valence-electron chi connectivity index (χ4n) is 3.91. The average molecular weight is 453 g/mol. The predicted octanol–water partition coefficient (Wildman–Crippen LogP) is 5.42. The molecule has 162 valence electrons. The van der Waals surface area contributed by atoms with Gasteiger partial charge in [-0.15, -0.1) is 11.8 Å². The van der Waals surface area contributed by atoms with Crippen LogP contribution in [-0.2, 0) is 4.79 Å². The normalized spacial score (nSPS) is 22.3. The highest BCUT2D eigenvalue weighted by Crippen LogP contribution is 2.33. The zero-order valence-electron chi connectivity index (χ0n) is 17.6. The third-order valence-corrected chi connectivity index (χ3v) is 8.30. The summed E-state index contributed by atoms with van der Waals surface area (Å²) in [5.74, 6) is 0.863. The van der Waals surface area contributed by atoms with E-state index in [1.54, 1.807) is 0 Å². The molecule has 4 rings (SSSR count). The Labute approximate surface area is 192 Å². The maximum Gasteiger partial charge on any atom is 0.283 e. The molecule has 1 unspecified atom stereocenters. The number of hydrogen-bond donors (Lipinski definition) is 1. The van der Waals surface area contributed by atoms with E-state index in [2.05, 4.69) is 22.1 Å². The van der Waals surface area contributed by atoms with E-state index >= 15 is 0 Å². The van der Waals surface area contributed by atoms with Crippen molar-refractivity contribution in [2.75, 3.05) is 12.3 Å². The van der Waals surface area contributed by atoms with E-state index < -0.39 is 0 Å². The van der Waals surface area contributed by atoms with Gasteiger partial charge in [0.1, 0.15) is 0 Å². The van der Waals surface area contributed by atoms with E-state index in [9.17, 15) is 9.59 Å². The zero-order valence-corrected chi connectivity index (χ0v) is 19.2. The molecule has 1 aromatic carbocycles. The fourth-order valence-corrected chi connectivity index (χ4v) is 6.27. The summed E-state index contributed by atoms with van der Waals surface area (Å²) in [5.41, 5.74) is 2.34. The first-order valence-electron chi connectivity index (χ1n) is 11.0. The highest BCUT2D eigenvalue weighted by molar-refractivity contribution is 8.05. The molecule has 0 spiro atoms. The van der Waals surface area contributed by atoms with Crippen molar-refractivity contribution >= 4 is 47.1 Å². The summed E-state index contributed by atoms with van der Waals surface area (Å²) in [7, 11) is 0. The number of thioether (sulfide) groups is 2. The van der Waals surface area contributed by atoms with Gasteiger partial charge in [-0.3, -0.25) is 9.59 Å². The quantitative estimate of drug-likeness (QED) is 0.443. The number of carbonyl (C=O) groups is 2. The van der Waals surface area contributed by atoms with Crippen LogP contribution >= 0.6 is 23.5 Å². The van der Waals surface area contributed by atoms with Crippen molar-refractivity contribution < 1.29 is 9.59 Å². The second kappa shape index (κ2) is 11.0. The van der Waals surface area contributed by atoms with Gasteiger partial charge in [-0.05, 0) is 54.9 Å². The van der Waals surface area contributed by atoms with Crippen molar-refractivity contribution in [3.8, 4) is 0 Å². The molecule has 1 aliphatic heterocycles. The number of rotatable bonds is 7. The van der Waals surface area contributed by atoms with E-state index in [1.807, 2.05) is 54.6 Å². The lowest BCUT2D eigenvalue weighted by Gasteiger charge is -2.20. The maximum atomic E-state index is 12.4. The molecule has 4 nitrogen and oxygen atoms in total. The first kappa shape index (κ1) is 22.2. The van der Waals surface area contributed by atoms with Gasteiger partial charge in [-0.1, -0.05) is 49.6 Å². The fraction of sp³-hybridized carbons (Fsp3) is 0.400. The van der Waals surface area contributed by atoms with Crippen LogP contribution in [0.25, 0.3) is 6.08 Å². The summed E-state index contributed by atoms with van der Waals surface area (Å²) in [6.45, 7) is 0.708. The molecule has 3 aliphatic rings. The molecule has 31 heavy (non-hydrogen) atoms. The second-order valence-corrected chi connectivity index (χ2v) is 10.6. The Morgan fingerprint density at radius 2 is 1.97 bits per heavy atom. The molecule has 1 aromatic rings. The molecule has 2 amide bonds. The molecule has 0 radical (unpaired) electrons. The van der Waals surface area contributed by atoms with E-state index in [1.165, 1.54) is 43.9 Å². The van der Waals surface area contributed by atoms with E-state index in [4.69, 9.17) is 0 Å². The summed E-state index contributed by atoms with van der Waals surface area (Å²) < 4.78 is 0. The molecule has 0 aromatic heterocycles. The summed E-state index contributed by atoms with van der Waals surface area (Å²) in [4.78, 5) is 29.5. The minimum atomic E-state index is -0.205. The largest absolute Gasteiger partial charge is 0.352 e. The lowest BCUT2D eigenvalue weighted by molar-refractivity contribution is -0.113. The monoisotopic (exact) mass is 452 g/mol. The third-order valence-electron chi connectivity index (χ3n) is 5.63. The number of allylic oxidation sites excluding steroid dienone is 3. The molecular formula is C25H28N2O2S2. The predicted molar refractivity (Wildman–Crippen MR) is 133 cm³/mol. The van der Waals surface area contributed by atoms with Crippen LogP contribution in [0.1, 0.15) is 54.4 Å². The number of nitrogens with zero attached hydrogens (tertiary/aromatic N) is 1. The highest BCUT2D eigenvalue weighted by atomic mass is 32.2. The lowest BCUT2D eigenvalue weighted by atomic mass is 10.0. The number of benzene rings is 1. The van der Waals surface area contributed by atoms with Gasteiger partial charge in [-0.2, -0.15) is 11.8 Å². The van der Waals surface area contributed by atoms with Crippen LogP contribution in [0.2, 0.25) is 0 Å². The minimum Gasteiger partial charge on any atom is -0.352 e. The Bertz CT molecular complexity index is 925. The average Bonchev–Trinajstić information content (AvgIpc) is 2.80. The number of carbonyl (C=O) groups excluding carboxylic acids is 2. The molecule has 0 saturated heterocycles. The summed E-state index contributed by atoms with van der Waals surface area (Å²) in [6.07, 6.45) is 17.5. The maximum absolute atomic E-state index is 12.4. The van der Waals surface area contributed by atoms with Crippen molar-refractivity contribution in [1.29, 1.82) is 0 Å². The van der Waals surface area contributed by atoms with Crippen LogP contribution < -0.4 is 5.32 Å². The Morgan fingerprint density at radius 3 is 2.77 bits per heavy atom. The Morgan fingerprint density at radius 1 is 1.16 bits per heavy atom. The molecule has 1 fully saturated rings. The van der Waals surface area contributed by atoms with Crippen LogP contribution in [0, 0.1) is 0 Å². The first-order chi connectivity index (χ1) is 15.2. The Kier molecular flexibility index (Phi) is 7.86. The number of nitrogens with one attached hydrogen (secondary N) is 1. The molecule has 0 bridgehead atoms. The van der Waals surface area contributed by atoms with Crippen molar-refractivity contribution in [3.63, 3.8) is 0 Å². The van der Waals surface area contributed by atoms with Crippen molar-refractivity contribution in [2.24, 2.45) is 4.99 Å². The molecular weight excluding hydrogens is 424 g/mol. The van der Waals surface area contributed by atoms with Crippen LogP contribution in [-0.4, -0.2) is 40.3 Å². The lowest BCUT2D eigenvalue weighted by Crippen LogP contribution is -2.25. The van der Waals surface area contributed by atoms with E-state index in [-0.39, 0.29) is 17.1 Å². The molecule has 1 saturated carbocycles. The van der Waals surface area contributed by atoms with Gasteiger partial charge in [0.2, 0.25) is 0 Å². The number of fused-ring (bicyclic) bond motifs is 1. The van der Waals surface area contributed by atoms with Gasteiger partial charge in [0.05, 0.1) is 15.9 Å². The summed E-state index contributed by atoms with van der Waals surface area (Å²) >= 11 is 3.58. The van der Waals surface area contributed by atoms with Crippen molar-refractivity contribution in [1.82, 2.24) is 5.32 Å². The van der Waals surface area contributed by atoms with Crippen molar-refractivity contribution in [2.45, 2.75) is 49.0 Å². The summed E-state index contributed by atoms with van der Waals surface area (Å²) in [5, 5.41) is 3.93. The SMILES string of the molecule is O=C1N=C2C=CC=CC2S/C1=C/c1ccc(C(=O)NCCCSC2CCCCC2)cc1. The standard InChI is InChI=1S/C25H28N2O2S2/c28-24(26-15-6-16-30-20-7-2-1-3-8-20)19-13-11-18(12-14-19)17-23-25(29)27-21-9-4-5-10-22(21)31-23/h4-5,9-14,17,20,22H,1-3,6-8,15-16H2,(H,26,28)/b23-17+. The van der Waals surface area contributed by atoms with Crippen molar-refractivity contribution in [3.05, 3.63) is 64.6 Å². The highest BCUT2D eigenvalue weighted by Gasteiger charge is 2.25. The van der Waals surface area contributed by atoms with Crippen LogP contribution in [0.4, 0.5) is 0 Å². The molecule has 6 heteroatoms. The van der Waals surface area contributed by atoms with Crippen LogP contribution in [0.3, 0.4) is 0 Å². The molecule has 1 N–H and O–H groups in total. The number of amides is 2. The van der Waals surface area contributed by atoms with Gasteiger partial charge in [0.25, 0.3) is 11.8 Å². The summed E-state index contributed by atoms with van der Waals surface area (Å²) in [6, 6.07) is 7.39. The zero-order chi connectivity index (χ0) is 21.5. The van der Waals surface area contributed by atoms with E-state index in [0.29, 0.717) is 17.0 Å². The molecule has 1 atom stereocenters. The molecule has 2 aliphatic carbocycles. The topological polar surface area (TPSA) is 58.5 Å². The Hall–Kier alpha value is -2.05. The van der Waals surface area contributed by atoms with Gasteiger partial charge in [-0.25, -0.2) is 4.99 Å². The van der Waals surface area contributed by atoms with Gasteiger partial charge in [0, 0.05) is 17.4 Å². The van der Waals surface area contributed by atoms with Crippen LogP contribution in [0.5, 0.6) is 0 Å². The second-order valence-electron chi connectivity index (χ2n) is 8.00. The third kappa shape index (κ3) is 6.23. The molecule has 1 heterocycles. The minimum absolute atomic E-state index is 0.0432. The number of hydrogen-bond acceptors (Lipinski definition) is 4. The van der Waals surface area contributed by atoms with Gasteiger partial charge in [0.15, 0.2) is 0 Å². The van der Waals surface area contributed by atoms with Gasteiger partial charge >= 0.3 is 0 Å². The van der Waals surface area contributed by atoms with Crippen LogP contribution in [0.15, 0.2) is 58.5 Å². The van der Waals surface area contributed by atoms with Gasteiger partial charge < -0.3 is 5.32 Å². The number of aliphatic imine (C=N–C) groups is 1. The first-order valence-corrected chi connectivity index (χ1v) is 13.0. The Balaban J connectivity index is 1.25. The van der Waals surface area contributed by atoms with E-state index in [0.717, 1.165) is 28.7 Å².